The molecular weight excluding hydrogens is 328 g/mol. The van der Waals surface area contributed by atoms with Gasteiger partial charge in [-0.05, 0) is 37.1 Å². The number of aromatic nitrogens is 2. The summed E-state index contributed by atoms with van der Waals surface area (Å²) >= 11 is 0. The van der Waals surface area contributed by atoms with Gasteiger partial charge < -0.3 is 15.2 Å². The predicted octanol–water partition coefficient (Wildman–Crippen LogP) is 4.02. The first kappa shape index (κ1) is 18.1. The van der Waals surface area contributed by atoms with Crippen LogP contribution in [-0.4, -0.2) is 22.6 Å². The largest absolute Gasteiger partial charge is 0.336 e. The van der Waals surface area contributed by atoms with Crippen molar-refractivity contribution in [1.82, 2.24) is 15.5 Å². The molecule has 0 saturated heterocycles. The number of nitrogens with zero attached hydrogens (tertiary/aromatic N) is 2. The van der Waals surface area contributed by atoms with Gasteiger partial charge in [-0.1, -0.05) is 44.1 Å². The molecule has 0 fully saturated rings. The maximum absolute atomic E-state index is 13.1. The molecule has 0 bridgehead atoms. The fourth-order valence-corrected chi connectivity index (χ4v) is 2.83. The van der Waals surface area contributed by atoms with Gasteiger partial charge in [0.1, 0.15) is 0 Å². The number of para-hydroxylation sites is 1. The molecule has 6 heteroatoms. The average molecular weight is 352 g/mol. The Kier molecular flexibility index (Phi) is 5.32. The van der Waals surface area contributed by atoms with Crippen LogP contribution in [0.5, 0.6) is 0 Å². The van der Waals surface area contributed by atoms with Gasteiger partial charge in [0.15, 0.2) is 0 Å². The van der Waals surface area contributed by atoms with Crippen molar-refractivity contribution < 1.29 is 9.32 Å². The van der Waals surface area contributed by atoms with Crippen LogP contribution in [0.1, 0.15) is 54.0 Å². The van der Waals surface area contributed by atoms with E-state index in [1.165, 1.54) is 0 Å². The van der Waals surface area contributed by atoms with E-state index < -0.39 is 0 Å². The molecule has 0 radical (unpaired) electrons. The maximum Gasteiger partial charge on any atom is 0.259 e. The number of carbonyl (C=O) groups excluding carboxylic acids is 1. The number of pyridine rings is 1. The summed E-state index contributed by atoms with van der Waals surface area (Å²) in [5.41, 5.74) is 4.24. The van der Waals surface area contributed by atoms with Crippen molar-refractivity contribution in [3.8, 4) is 0 Å². The van der Waals surface area contributed by atoms with Gasteiger partial charge in [-0.25, -0.2) is 4.98 Å². The molecule has 6 nitrogen and oxygen atoms in total. The zero-order valence-electron chi connectivity index (χ0n) is 15.6. The minimum atomic E-state index is -0.186. The number of aryl methyl sites for hydroxylation is 1. The number of hydrogen-bond acceptors (Lipinski definition) is 5. The first-order valence-electron chi connectivity index (χ1n) is 8.88. The molecule has 0 aliphatic heterocycles. The highest BCUT2D eigenvalue weighted by atomic mass is 16.5. The van der Waals surface area contributed by atoms with Crippen LogP contribution >= 0.6 is 0 Å². The standard InChI is InChI=1S/C20H24N4O2/c1-5-21-11-14-8-6-7-9-16(14)22-19(25)15-10-17(12(2)3)23-20-18(15)13(4)24-26-20/h6-10,12,21H,5,11H2,1-4H3,(H,22,25). The lowest BCUT2D eigenvalue weighted by Gasteiger charge is -2.13. The first-order valence-corrected chi connectivity index (χ1v) is 8.88. The molecule has 26 heavy (non-hydrogen) atoms. The van der Waals surface area contributed by atoms with E-state index in [1.54, 1.807) is 0 Å². The second-order valence-corrected chi connectivity index (χ2v) is 6.59. The van der Waals surface area contributed by atoms with Crippen molar-refractivity contribution in [1.29, 1.82) is 0 Å². The maximum atomic E-state index is 13.1. The first-order chi connectivity index (χ1) is 12.5. The second-order valence-electron chi connectivity index (χ2n) is 6.59. The highest BCUT2D eigenvalue weighted by molar-refractivity contribution is 6.12. The molecule has 0 aliphatic carbocycles. The molecular formula is C20H24N4O2. The summed E-state index contributed by atoms with van der Waals surface area (Å²) in [5.74, 6) is -0.00746. The van der Waals surface area contributed by atoms with Gasteiger partial charge in [0.2, 0.25) is 0 Å². The third-order valence-corrected chi connectivity index (χ3v) is 4.30. The van der Waals surface area contributed by atoms with Crippen LogP contribution in [0.3, 0.4) is 0 Å². The smallest absolute Gasteiger partial charge is 0.259 e. The molecule has 0 saturated carbocycles. The molecule has 136 valence electrons. The van der Waals surface area contributed by atoms with Gasteiger partial charge in [0.25, 0.3) is 11.6 Å². The molecule has 0 atom stereocenters. The highest BCUT2D eigenvalue weighted by Gasteiger charge is 2.20. The van der Waals surface area contributed by atoms with Crippen LogP contribution in [0.15, 0.2) is 34.9 Å². The molecule has 2 N–H and O–H groups in total. The third-order valence-electron chi connectivity index (χ3n) is 4.30. The molecule has 1 aromatic carbocycles. The molecule has 0 unspecified atom stereocenters. The van der Waals surface area contributed by atoms with E-state index in [4.69, 9.17) is 4.52 Å². The molecule has 0 aliphatic rings. The molecule has 1 amide bonds. The van der Waals surface area contributed by atoms with Gasteiger partial charge in [0.05, 0.1) is 16.6 Å². The fourth-order valence-electron chi connectivity index (χ4n) is 2.83. The number of amides is 1. The number of rotatable bonds is 6. The van der Waals surface area contributed by atoms with Gasteiger partial charge in [-0.15, -0.1) is 0 Å². The Morgan fingerprint density at radius 3 is 2.77 bits per heavy atom. The van der Waals surface area contributed by atoms with Crippen LogP contribution < -0.4 is 10.6 Å². The van der Waals surface area contributed by atoms with Crippen LogP contribution in [0, 0.1) is 6.92 Å². The normalized spacial score (nSPS) is 11.3. The highest BCUT2D eigenvalue weighted by Crippen LogP contribution is 2.26. The Morgan fingerprint density at radius 2 is 2.04 bits per heavy atom. The van der Waals surface area contributed by atoms with E-state index in [1.807, 2.05) is 51.1 Å². The fraction of sp³-hybridized carbons (Fsp3) is 0.350. The van der Waals surface area contributed by atoms with E-state index in [-0.39, 0.29) is 11.8 Å². The Bertz CT molecular complexity index is 931. The average Bonchev–Trinajstić information content (AvgIpc) is 3.01. The van der Waals surface area contributed by atoms with Crippen LogP contribution in [0.4, 0.5) is 5.69 Å². The van der Waals surface area contributed by atoms with Crippen molar-refractivity contribution in [2.75, 3.05) is 11.9 Å². The van der Waals surface area contributed by atoms with Crippen molar-refractivity contribution in [3.05, 3.63) is 52.8 Å². The SMILES string of the molecule is CCNCc1ccccc1NC(=O)c1cc(C(C)C)nc2onc(C)c12. The van der Waals surface area contributed by atoms with Crippen molar-refractivity contribution >= 4 is 22.7 Å². The van der Waals surface area contributed by atoms with E-state index in [2.05, 4.69) is 27.7 Å². The Morgan fingerprint density at radius 1 is 1.27 bits per heavy atom. The van der Waals surface area contributed by atoms with Crippen LogP contribution in [0.2, 0.25) is 0 Å². The summed E-state index contributed by atoms with van der Waals surface area (Å²) in [6.45, 7) is 9.50. The van der Waals surface area contributed by atoms with E-state index in [9.17, 15) is 4.79 Å². The van der Waals surface area contributed by atoms with Gasteiger partial charge in [0, 0.05) is 17.9 Å². The number of anilines is 1. The van der Waals surface area contributed by atoms with Gasteiger partial charge in [-0.2, -0.15) is 0 Å². The molecule has 3 aromatic rings. The second kappa shape index (κ2) is 7.66. The zero-order chi connectivity index (χ0) is 18.7. The number of benzene rings is 1. The number of fused-ring (bicyclic) bond motifs is 1. The summed E-state index contributed by atoms with van der Waals surface area (Å²) in [6.07, 6.45) is 0. The quantitative estimate of drug-likeness (QED) is 0.700. The van der Waals surface area contributed by atoms with Crippen molar-refractivity contribution in [2.45, 2.75) is 40.2 Å². The Labute approximate surface area is 153 Å². The number of carbonyl (C=O) groups is 1. The molecule has 3 rings (SSSR count). The molecule has 2 heterocycles. The Balaban J connectivity index is 1.99. The van der Waals surface area contributed by atoms with Crippen LogP contribution in [-0.2, 0) is 6.54 Å². The summed E-state index contributed by atoms with van der Waals surface area (Å²) in [7, 11) is 0. The summed E-state index contributed by atoms with van der Waals surface area (Å²) in [6, 6.07) is 9.63. The zero-order valence-corrected chi connectivity index (χ0v) is 15.6. The number of nitrogens with one attached hydrogen (secondary N) is 2. The summed E-state index contributed by atoms with van der Waals surface area (Å²) in [5, 5.41) is 11.0. The minimum absolute atomic E-state index is 0.178. The Hall–Kier alpha value is -2.73. The lowest BCUT2D eigenvalue weighted by Crippen LogP contribution is -2.17. The van der Waals surface area contributed by atoms with Gasteiger partial charge >= 0.3 is 0 Å². The summed E-state index contributed by atoms with van der Waals surface area (Å²) < 4.78 is 5.31. The summed E-state index contributed by atoms with van der Waals surface area (Å²) in [4.78, 5) is 17.5. The minimum Gasteiger partial charge on any atom is -0.336 e. The third kappa shape index (κ3) is 3.60. The topological polar surface area (TPSA) is 80.0 Å². The van der Waals surface area contributed by atoms with E-state index in [0.717, 1.165) is 23.5 Å². The lowest BCUT2D eigenvalue weighted by molar-refractivity contribution is 0.102. The lowest BCUT2D eigenvalue weighted by atomic mass is 10.0. The number of hydrogen-bond donors (Lipinski definition) is 2. The van der Waals surface area contributed by atoms with E-state index >= 15 is 0 Å². The van der Waals surface area contributed by atoms with E-state index in [0.29, 0.717) is 28.9 Å². The molecule has 2 aromatic heterocycles. The van der Waals surface area contributed by atoms with Gasteiger partial charge in [-0.3, -0.25) is 4.79 Å². The van der Waals surface area contributed by atoms with Crippen LogP contribution in [0.25, 0.3) is 11.1 Å². The van der Waals surface area contributed by atoms with Crippen molar-refractivity contribution in [2.24, 2.45) is 0 Å². The monoisotopic (exact) mass is 352 g/mol. The van der Waals surface area contributed by atoms with Crippen molar-refractivity contribution in [3.63, 3.8) is 0 Å². The predicted molar refractivity (Wildman–Crippen MR) is 102 cm³/mol. The molecule has 0 spiro atoms.